The Morgan fingerprint density at radius 2 is 2.50 bits per heavy atom. The highest BCUT2D eigenvalue weighted by molar-refractivity contribution is 9.10. The van der Waals surface area contributed by atoms with E-state index in [2.05, 4.69) is 30.9 Å². The summed E-state index contributed by atoms with van der Waals surface area (Å²) < 4.78 is 5.38. The number of carbonyl (C=O) groups excluding carboxylic acids is 1. The largest absolute Gasteiger partial charge is 0.363 e. The minimum atomic E-state index is -0.171. The van der Waals surface area contributed by atoms with Gasteiger partial charge in [-0.3, -0.25) is 4.79 Å². The third-order valence-corrected chi connectivity index (χ3v) is 3.35. The highest BCUT2D eigenvalue weighted by Gasteiger charge is 2.11. The molecule has 14 heavy (non-hydrogen) atoms. The van der Waals surface area contributed by atoms with Crippen LogP contribution < -0.4 is 5.32 Å². The zero-order chi connectivity index (χ0) is 9.97. The molecule has 72 valence electrons. The van der Waals surface area contributed by atoms with Gasteiger partial charge >= 0.3 is 0 Å². The first kappa shape index (κ1) is 9.42. The van der Waals surface area contributed by atoms with Gasteiger partial charge in [-0.25, -0.2) is 0 Å². The SMILES string of the molecule is O=C(Nc1cnoc1)c1sccc1Br. The van der Waals surface area contributed by atoms with Crippen LogP contribution in [0, 0.1) is 0 Å². The van der Waals surface area contributed by atoms with Crippen molar-refractivity contribution in [3.8, 4) is 0 Å². The zero-order valence-corrected chi connectivity index (χ0v) is 9.26. The summed E-state index contributed by atoms with van der Waals surface area (Å²) in [7, 11) is 0. The molecule has 0 saturated carbocycles. The summed E-state index contributed by atoms with van der Waals surface area (Å²) >= 11 is 4.65. The minimum absolute atomic E-state index is 0.171. The molecule has 1 amide bonds. The van der Waals surface area contributed by atoms with E-state index >= 15 is 0 Å². The van der Waals surface area contributed by atoms with Gasteiger partial charge in [-0.1, -0.05) is 5.16 Å². The summed E-state index contributed by atoms with van der Waals surface area (Å²) in [5.41, 5.74) is 0.551. The third-order valence-electron chi connectivity index (χ3n) is 1.51. The second kappa shape index (κ2) is 3.93. The van der Waals surface area contributed by atoms with Gasteiger partial charge in [0, 0.05) is 4.47 Å². The normalized spacial score (nSPS) is 10.1. The summed E-state index contributed by atoms with van der Waals surface area (Å²) in [6, 6.07) is 1.83. The fraction of sp³-hybridized carbons (Fsp3) is 0. The standard InChI is InChI=1S/C8H5BrN2O2S/c9-6-1-2-14-7(6)8(12)11-5-3-10-13-4-5/h1-4H,(H,11,12). The molecular weight excluding hydrogens is 268 g/mol. The van der Waals surface area contributed by atoms with Gasteiger partial charge in [0.1, 0.15) is 16.8 Å². The van der Waals surface area contributed by atoms with Crippen molar-refractivity contribution < 1.29 is 9.32 Å². The Morgan fingerprint density at radius 3 is 3.07 bits per heavy atom. The van der Waals surface area contributed by atoms with E-state index in [4.69, 9.17) is 0 Å². The molecule has 2 aromatic rings. The van der Waals surface area contributed by atoms with E-state index in [0.29, 0.717) is 10.6 Å². The van der Waals surface area contributed by atoms with Crippen LogP contribution in [-0.4, -0.2) is 11.1 Å². The molecule has 0 bridgehead atoms. The van der Waals surface area contributed by atoms with Gasteiger partial charge in [0.15, 0.2) is 0 Å². The Balaban J connectivity index is 2.14. The highest BCUT2D eigenvalue weighted by Crippen LogP contribution is 2.23. The maximum atomic E-state index is 11.6. The Labute approximate surface area is 92.0 Å². The molecule has 0 spiro atoms. The molecule has 0 aliphatic rings. The van der Waals surface area contributed by atoms with Gasteiger partial charge < -0.3 is 9.84 Å². The number of carbonyl (C=O) groups is 1. The molecule has 2 aromatic heterocycles. The number of aromatic nitrogens is 1. The average molecular weight is 273 g/mol. The van der Waals surface area contributed by atoms with Gasteiger partial charge in [-0.2, -0.15) is 0 Å². The van der Waals surface area contributed by atoms with Crippen molar-refractivity contribution in [2.75, 3.05) is 5.32 Å². The second-order valence-corrected chi connectivity index (χ2v) is 4.24. The number of halogens is 1. The predicted octanol–water partition coefficient (Wildman–Crippen LogP) is 2.75. The summed E-state index contributed by atoms with van der Waals surface area (Å²) in [6.07, 6.45) is 2.82. The molecule has 0 fully saturated rings. The number of rotatable bonds is 2. The van der Waals surface area contributed by atoms with Crippen molar-refractivity contribution in [3.63, 3.8) is 0 Å². The predicted molar refractivity (Wildman–Crippen MR) is 56.5 cm³/mol. The molecular formula is C8H5BrN2O2S. The number of hydrogen-bond acceptors (Lipinski definition) is 4. The van der Waals surface area contributed by atoms with Crippen molar-refractivity contribution in [2.24, 2.45) is 0 Å². The average Bonchev–Trinajstić information content (AvgIpc) is 2.75. The van der Waals surface area contributed by atoms with Crippen LogP contribution in [0.1, 0.15) is 9.67 Å². The third kappa shape index (κ3) is 1.85. The topological polar surface area (TPSA) is 55.1 Å². The van der Waals surface area contributed by atoms with Crippen LogP contribution in [0.5, 0.6) is 0 Å². The van der Waals surface area contributed by atoms with Crippen molar-refractivity contribution in [1.29, 1.82) is 0 Å². The van der Waals surface area contributed by atoms with Crippen LogP contribution in [-0.2, 0) is 0 Å². The number of nitrogens with zero attached hydrogens (tertiary/aromatic N) is 1. The van der Waals surface area contributed by atoms with Gasteiger partial charge in [0.05, 0.1) is 6.20 Å². The van der Waals surface area contributed by atoms with Gasteiger partial charge in [-0.15, -0.1) is 11.3 Å². The molecule has 0 aromatic carbocycles. The lowest BCUT2D eigenvalue weighted by atomic mass is 10.4. The van der Waals surface area contributed by atoms with Crippen LogP contribution in [0.15, 0.2) is 32.9 Å². The smallest absolute Gasteiger partial charge is 0.267 e. The van der Waals surface area contributed by atoms with Crippen LogP contribution in [0.25, 0.3) is 0 Å². The molecule has 4 nitrogen and oxygen atoms in total. The van der Waals surface area contributed by atoms with Crippen molar-refractivity contribution >= 4 is 38.9 Å². The van der Waals surface area contributed by atoms with E-state index in [1.165, 1.54) is 23.8 Å². The summed E-state index contributed by atoms with van der Waals surface area (Å²) in [6.45, 7) is 0. The number of amides is 1. The molecule has 2 rings (SSSR count). The fourth-order valence-electron chi connectivity index (χ4n) is 0.910. The van der Waals surface area contributed by atoms with E-state index in [-0.39, 0.29) is 5.91 Å². The first-order chi connectivity index (χ1) is 6.77. The summed E-state index contributed by atoms with van der Waals surface area (Å²) in [5, 5.41) is 7.97. The Bertz CT molecular complexity index is 438. The van der Waals surface area contributed by atoms with E-state index in [1.807, 2.05) is 11.4 Å². The zero-order valence-electron chi connectivity index (χ0n) is 6.86. The molecule has 0 atom stereocenters. The molecule has 1 N–H and O–H groups in total. The first-order valence-corrected chi connectivity index (χ1v) is 5.38. The molecule has 0 radical (unpaired) electrons. The Morgan fingerprint density at radius 1 is 1.64 bits per heavy atom. The monoisotopic (exact) mass is 272 g/mol. The Kier molecular flexibility index (Phi) is 2.64. The quantitative estimate of drug-likeness (QED) is 0.915. The minimum Gasteiger partial charge on any atom is -0.363 e. The van der Waals surface area contributed by atoms with Crippen molar-refractivity contribution in [1.82, 2.24) is 5.16 Å². The van der Waals surface area contributed by atoms with E-state index < -0.39 is 0 Å². The molecule has 0 saturated heterocycles. The van der Waals surface area contributed by atoms with Crippen LogP contribution in [0.4, 0.5) is 5.69 Å². The van der Waals surface area contributed by atoms with Crippen LogP contribution in [0.3, 0.4) is 0 Å². The lowest BCUT2D eigenvalue weighted by Crippen LogP contribution is -2.09. The molecule has 0 aliphatic heterocycles. The van der Waals surface area contributed by atoms with E-state index in [1.54, 1.807) is 0 Å². The second-order valence-electron chi connectivity index (χ2n) is 2.46. The van der Waals surface area contributed by atoms with Crippen molar-refractivity contribution in [3.05, 3.63) is 33.3 Å². The maximum Gasteiger partial charge on any atom is 0.267 e. The lowest BCUT2D eigenvalue weighted by Gasteiger charge is -1.98. The van der Waals surface area contributed by atoms with Gasteiger partial charge in [0.25, 0.3) is 5.91 Å². The molecule has 2 heterocycles. The molecule has 0 unspecified atom stereocenters. The molecule has 6 heteroatoms. The number of thiophene rings is 1. The molecule has 0 aliphatic carbocycles. The van der Waals surface area contributed by atoms with E-state index in [0.717, 1.165) is 4.47 Å². The number of hydrogen-bond donors (Lipinski definition) is 1. The van der Waals surface area contributed by atoms with Gasteiger partial charge in [-0.05, 0) is 27.4 Å². The first-order valence-electron chi connectivity index (χ1n) is 3.71. The fourth-order valence-corrected chi connectivity index (χ4v) is 2.36. The lowest BCUT2D eigenvalue weighted by molar-refractivity contribution is 0.103. The van der Waals surface area contributed by atoms with Gasteiger partial charge in [0.2, 0.25) is 0 Å². The van der Waals surface area contributed by atoms with Crippen LogP contribution >= 0.6 is 27.3 Å². The summed E-state index contributed by atoms with van der Waals surface area (Å²) in [4.78, 5) is 12.2. The van der Waals surface area contributed by atoms with Crippen LogP contribution in [0.2, 0.25) is 0 Å². The Hall–Kier alpha value is -1.14. The number of anilines is 1. The maximum absolute atomic E-state index is 11.6. The summed E-state index contributed by atoms with van der Waals surface area (Å²) in [5.74, 6) is -0.171. The highest BCUT2D eigenvalue weighted by atomic mass is 79.9. The number of nitrogens with one attached hydrogen (secondary N) is 1. The van der Waals surface area contributed by atoms with Crippen molar-refractivity contribution in [2.45, 2.75) is 0 Å². The van der Waals surface area contributed by atoms with E-state index in [9.17, 15) is 4.79 Å².